The standard InChI is InChI=1S/C17H26N2O2.ClH/c1-3-18(13-17(20)21)16-9-11-19(12-10-16)14(2)15-7-5-4-6-8-15;/h4-8,14,16H,3,9-13H2,1-2H3,(H,20,21);1H. The molecule has 0 saturated carbocycles. The van der Waals surface area contributed by atoms with E-state index < -0.39 is 5.97 Å². The van der Waals surface area contributed by atoms with E-state index in [1.807, 2.05) is 13.0 Å². The summed E-state index contributed by atoms with van der Waals surface area (Å²) in [6.07, 6.45) is 2.11. The van der Waals surface area contributed by atoms with Gasteiger partial charge in [0.1, 0.15) is 0 Å². The maximum absolute atomic E-state index is 10.9. The monoisotopic (exact) mass is 326 g/mol. The summed E-state index contributed by atoms with van der Waals surface area (Å²) < 4.78 is 0. The molecule has 0 radical (unpaired) electrons. The van der Waals surface area contributed by atoms with Crippen LogP contribution in [0.25, 0.3) is 0 Å². The van der Waals surface area contributed by atoms with E-state index in [1.165, 1.54) is 5.56 Å². The lowest BCUT2D eigenvalue weighted by Gasteiger charge is -2.40. The molecule has 1 fully saturated rings. The summed E-state index contributed by atoms with van der Waals surface area (Å²) in [4.78, 5) is 15.5. The van der Waals surface area contributed by atoms with Gasteiger partial charge in [0.15, 0.2) is 0 Å². The molecular formula is C17H27ClN2O2. The molecule has 1 atom stereocenters. The zero-order chi connectivity index (χ0) is 15.2. The average molecular weight is 327 g/mol. The average Bonchev–Trinajstić information content (AvgIpc) is 2.53. The maximum Gasteiger partial charge on any atom is 0.317 e. The molecule has 1 aromatic rings. The molecule has 124 valence electrons. The summed E-state index contributed by atoms with van der Waals surface area (Å²) in [6, 6.07) is 11.4. The second-order valence-electron chi connectivity index (χ2n) is 5.81. The first kappa shape index (κ1) is 18.9. The van der Waals surface area contributed by atoms with Gasteiger partial charge in [0.05, 0.1) is 6.54 Å². The smallest absolute Gasteiger partial charge is 0.317 e. The van der Waals surface area contributed by atoms with Crippen molar-refractivity contribution in [3.63, 3.8) is 0 Å². The number of likely N-dealkylation sites (tertiary alicyclic amines) is 1. The first-order valence-corrected chi connectivity index (χ1v) is 7.86. The number of piperidine rings is 1. The lowest BCUT2D eigenvalue weighted by Crippen LogP contribution is -2.47. The zero-order valence-corrected chi connectivity index (χ0v) is 14.3. The Morgan fingerprint density at radius 2 is 1.91 bits per heavy atom. The normalized spacial score (nSPS) is 18.0. The topological polar surface area (TPSA) is 43.8 Å². The van der Waals surface area contributed by atoms with Gasteiger partial charge in [0, 0.05) is 25.2 Å². The van der Waals surface area contributed by atoms with Crippen molar-refractivity contribution in [3.8, 4) is 0 Å². The van der Waals surface area contributed by atoms with E-state index in [4.69, 9.17) is 5.11 Å². The van der Waals surface area contributed by atoms with Crippen molar-refractivity contribution < 1.29 is 9.90 Å². The van der Waals surface area contributed by atoms with E-state index in [1.54, 1.807) is 0 Å². The highest BCUT2D eigenvalue weighted by atomic mass is 35.5. The van der Waals surface area contributed by atoms with E-state index in [0.29, 0.717) is 12.1 Å². The lowest BCUT2D eigenvalue weighted by atomic mass is 9.99. The molecule has 1 aliphatic heterocycles. The van der Waals surface area contributed by atoms with Crippen molar-refractivity contribution in [2.45, 2.75) is 38.8 Å². The molecule has 2 rings (SSSR count). The molecule has 22 heavy (non-hydrogen) atoms. The number of carboxylic acids is 1. The SMILES string of the molecule is CCN(CC(=O)O)C1CCN(C(C)c2ccccc2)CC1.Cl. The zero-order valence-electron chi connectivity index (χ0n) is 13.4. The third kappa shape index (κ3) is 4.97. The maximum atomic E-state index is 10.9. The number of carboxylic acid groups (broad SMARTS) is 1. The van der Waals surface area contributed by atoms with Gasteiger partial charge < -0.3 is 5.11 Å². The molecule has 1 heterocycles. The molecule has 0 aliphatic carbocycles. The first-order valence-electron chi connectivity index (χ1n) is 7.86. The summed E-state index contributed by atoms with van der Waals surface area (Å²) in [7, 11) is 0. The predicted molar refractivity (Wildman–Crippen MR) is 91.6 cm³/mol. The Balaban J connectivity index is 0.00000242. The first-order chi connectivity index (χ1) is 10.1. The number of likely N-dealkylation sites (N-methyl/N-ethyl adjacent to an activating group) is 1. The van der Waals surface area contributed by atoms with E-state index >= 15 is 0 Å². The van der Waals surface area contributed by atoms with Crippen LogP contribution in [0.15, 0.2) is 30.3 Å². The number of nitrogens with zero attached hydrogens (tertiary/aromatic N) is 2. The Morgan fingerprint density at radius 3 is 2.41 bits per heavy atom. The van der Waals surface area contributed by atoms with Crippen LogP contribution in [0, 0.1) is 0 Å². The van der Waals surface area contributed by atoms with Gasteiger partial charge in [-0.05, 0) is 31.9 Å². The van der Waals surface area contributed by atoms with Crippen molar-refractivity contribution in [2.24, 2.45) is 0 Å². The Bertz CT molecular complexity index is 447. The minimum Gasteiger partial charge on any atom is -0.480 e. The van der Waals surface area contributed by atoms with E-state index in [9.17, 15) is 4.79 Å². The molecule has 1 unspecified atom stereocenters. The largest absolute Gasteiger partial charge is 0.480 e. The van der Waals surface area contributed by atoms with Gasteiger partial charge in [-0.25, -0.2) is 0 Å². The van der Waals surface area contributed by atoms with Crippen molar-refractivity contribution >= 4 is 18.4 Å². The lowest BCUT2D eigenvalue weighted by molar-refractivity contribution is -0.139. The highest BCUT2D eigenvalue weighted by Gasteiger charge is 2.27. The van der Waals surface area contributed by atoms with Crippen LogP contribution in [-0.4, -0.2) is 53.1 Å². The van der Waals surface area contributed by atoms with E-state index in [2.05, 4.69) is 41.0 Å². The van der Waals surface area contributed by atoms with Crippen LogP contribution < -0.4 is 0 Å². The summed E-state index contributed by atoms with van der Waals surface area (Å²) in [5.41, 5.74) is 1.36. The number of hydrogen-bond donors (Lipinski definition) is 1. The molecule has 1 aromatic carbocycles. The Morgan fingerprint density at radius 1 is 1.32 bits per heavy atom. The van der Waals surface area contributed by atoms with Crippen LogP contribution in [0.2, 0.25) is 0 Å². The van der Waals surface area contributed by atoms with Crippen molar-refractivity contribution in [1.82, 2.24) is 9.80 Å². The van der Waals surface area contributed by atoms with Crippen molar-refractivity contribution in [1.29, 1.82) is 0 Å². The molecule has 1 saturated heterocycles. The number of halogens is 1. The molecule has 1 N–H and O–H groups in total. The van der Waals surface area contributed by atoms with Gasteiger partial charge in [-0.2, -0.15) is 0 Å². The minimum absolute atomic E-state index is 0. The number of benzene rings is 1. The van der Waals surface area contributed by atoms with Gasteiger partial charge in [-0.15, -0.1) is 12.4 Å². The van der Waals surface area contributed by atoms with Gasteiger partial charge in [-0.3, -0.25) is 14.6 Å². The Hall–Kier alpha value is -1.10. The molecule has 0 aromatic heterocycles. The molecular weight excluding hydrogens is 300 g/mol. The molecule has 0 bridgehead atoms. The van der Waals surface area contributed by atoms with Crippen molar-refractivity contribution in [3.05, 3.63) is 35.9 Å². The van der Waals surface area contributed by atoms with Gasteiger partial charge in [-0.1, -0.05) is 37.3 Å². The molecule has 0 amide bonds. The molecule has 0 spiro atoms. The van der Waals surface area contributed by atoms with Crippen molar-refractivity contribution in [2.75, 3.05) is 26.2 Å². The predicted octanol–water partition coefficient (Wildman–Crippen LogP) is 3.04. The van der Waals surface area contributed by atoms with Gasteiger partial charge in [0.25, 0.3) is 0 Å². The van der Waals surface area contributed by atoms with E-state index in [0.717, 1.165) is 32.5 Å². The molecule has 1 aliphatic rings. The second kappa shape index (κ2) is 9.13. The molecule has 5 heteroatoms. The number of rotatable bonds is 6. The highest BCUT2D eigenvalue weighted by molar-refractivity contribution is 5.85. The van der Waals surface area contributed by atoms with Crippen LogP contribution >= 0.6 is 12.4 Å². The van der Waals surface area contributed by atoms with E-state index in [-0.39, 0.29) is 19.0 Å². The molecule has 4 nitrogen and oxygen atoms in total. The summed E-state index contributed by atoms with van der Waals surface area (Å²) in [5.74, 6) is -0.725. The van der Waals surface area contributed by atoms with Crippen LogP contribution in [0.3, 0.4) is 0 Å². The third-order valence-corrected chi connectivity index (χ3v) is 4.59. The second-order valence-corrected chi connectivity index (χ2v) is 5.81. The summed E-state index contributed by atoms with van der Waals surface area (Å²) in [5, 5.41) is 8.98. The summed E-state index contributed by atoms with van der Waals surface area (Å²) >= 11 is 0. The van der Waals surface area contributed by atoms with Gasteiger partial charge >= 0.3 is 5.97 Å². The fraction of sp³-hybridized carbons (Fsp3) is 0.588. The Labute approximate surface area is 139 Å². The number of aliphatic carboxylic acids is 1. The number of carbonyl (C=O) groups is 1. The number of hydrogen-bond acceptors (Lipinski definition) is 3. The van der Waals surface area contributed by atoms with Crippen LogP contribution in [0.4, 0.5) is 0 Å². The Kier molecular flexibility index (Phi) is 7.87. The highest BCUT2D eigenvalue weighted by Crippen LogP contribution is 2.25. The van der Waals surface area contributed by atoms with Gasteiger partial charge in [0.2, 0.25) is 0 Å². The quantitative estimate of drug-likeness (QED) is 0.872. The van der Waals surface area contributed by atoms with Crippen LogP contribution in [0.5, 0.6) is 0 Å². The fourth-order valence-corrected chi connectivity index (χ4v) is 3.25. The third-order valence-electron chi connectivity index (χ3n) is 4.59. The van der Waals surface area contributed by atoms with Crippen LogP contribution in [-0.2, 0) is 4.79 Å². The van der Waals surface area contributed by atoms with Crippen LogP contribution in [0.1, 0.15) is 38.3 Å². The fourth-order valence-electron chi connectivity index (χ4n) is 3.25. The summed E-state index contributed by atoms with van der Waals surface area (Å²) in [6.45, 7) is 7.35. The minimum atomic E-state index is -0.725.